The Bertz CT molecular complexity index is 447. The summed E-state index contributed by atoms with van der Waals surface area (Å²) in [6.45, 7) is 2.23. The van der Waals surface area contributed by atoms with Crippen molar-refractivity contribution in [2.45, 2.75) is 51.2 Å². The topological polar surface area (TPSA) is 38.3 Å². The molecule has 1 aliphatic heterocycles. The number of amides is 1. The number of hydrogen-bond donors (Lipinski definition) is 1. The van der Waals surface area contributed by atoms with Crippen LogP contribution in [0.3, 0.4) is 0 Å². The maximum atomic E-state index is 12.3. The van der Waals surface area contributed by atoms with Crippen LogP contribution in [0.1, 0.15) is 38.2 Å². The maximum absolute atomic E-state index is 12.3. The molecular formula is C16H21NO2. The van der Waals surface area contributed by atoms with Gasteiger partial charge in [-0.1, -0.05) is 38.0 Å². The number of benzene rings is 1. The Morgan fingerprint density at radius 2 is 2.05 bits per heavy atom. The van der Waals surface area contributed by atoms with Gasteiger partial charge in [0, 0.05) is 12.5 Å². The lowest BCUT2D eigenvalue weighted by molar-refractivity contribution is -0.128. The number of para-hydroxylation sites is 1. The Kier molecular flexibility index (Phi) is 3.45. The van der Waals surface area contributed by atoms with Crippen molar-refractivity contribution in [2.24, 2.45) is 5.92 Å². The first kappa shape index (κ1) is 12.5. The molecule has 0 unspecified atom stereocenters. The Labute approximate surface area is 114 Å². The number of rotatable bonds is 2. The summed E-state index contributed by atoms with van der Waals surface area (Å²) in [5.74, 6) is 1.50. The molecule has 1 amide bonds. The second-order valence-corrected chi connectivity index (χ2v) is 5.80. The first-order valence-corrected chi connectivity index (χ1v) is 7.29. The van der Waals surface area contributed by atoms with Crippen LogP contribution in [-0.2, 0) is 11.2 Å². The highest BCUT2D eigenvalue weighted by Crippen LogP contribution is 2.29. The summed E-state index contributed by atoms with van der Waals surface area (Å²) in [4.78, 5) is 12.3. The van der Waals surface area contributed by atoms with Gasteiger partial charge in [0.25, 0.3) is 5.91 Å². The number of ether oxygens (including phenoxy) is 1. The first-order valence-electron chi connectivity index (χ1n) is 7.29. The Morgan fingerprint density at radius 1 is 1.26 bits per heavy atom. The van der Waals surface area contributed by atoms with Gasteiger partial charge in [0.2, 0.25) is 0 Å². The highest BCUT2D eigenvalue weighted by Gasteiger charge is 2.31. The molecule has 0 bridgehead atoms. The highest BCUT2D eigenvalue weighted by molar-refractivity contribution is 5.82. The minimum atomic E-state index is -0.341. The van der Waals surface area contributed by atoms with Gasteiger partial charge in [-0.25, -0.2) is 0 Å². The summed E-state index contributed by atoms with van der Waals surface area (Å²) >= 11 is 0. The van der Waals surface area contributed by atoms with Crippen LogP contribution in [0.4, 0.5) is 0 Å². The van der Waals surface area contributed by atoms with Gasteiger partial charge in [-0.15, -0.1) is 0 Å². The van der Waals surface area contributed by atoms with Crippen molar-refractivity contribution in [1.82, 2.24) is 5.32 Å². The first-order chi connectivity index (χ1) is 9.24. The minimum Gasteiger partial charge on any atom is -0.480 e. The van der Waals surface area contributed by atoms with E-state index in [4.69, 9.17) is 4.74 Å². The predicted molar refractivity (Wildman–Crippen MR) is 74.1 cm³/mol. The van der Waals surface area contributed by atoms with Gasteiger partial charge < -0.3 is 10.1 Å². The van der Waals surface area contributed by atoms with Crippen LogP contribution in [0.2, 0.25) is 0 Å². The molecule has 3 nitrogen and oxygen atoms in total. The van der Waals surface area contributed by atoms with Crippen LogP contribution >= 0.6 is 0 Å². The fourth-order valence-corrected chi connectivity index (χ4v) is 3.13. The van der Waals surface area contributed by atoms with Crippen molar-refractivity contribution < 1.29 is 9.53 Å². The quantitative estimate of drug-likeness (QED) is 0.886. The summed E-state index contributed by atoms with van der Waals surface area (Å²) in [7, 11) is 0. The lowest BCUT2D eigenvalue weighted by Gasteiger charge is -2.30. The molecule has 1 fully saturated rings. The third-order valence-corrected chi connectivity index (χ3v) is 4.38. The summed E-state index contributed by atoms with van der Waals surface area (Å²) in [6.07, 6.45) is 5.19. The van der Waals surface area contributed by atoms with Gasteiger partial charge in [-0.2, -0.15) is 0 Å². The van der Waals surface area contributed by atoms with Gasteiger partial charge in [-0.05, 0) is 30.4 Å². The van der Waals surface area contributed by atoms with Crippen molar-refractivity contribution in [1.29, 1.82) is 0 Å². The molecule has 1 N–H and O–H groups in total. The van der Waals surface area contributed by atoms with E-state index in [1.807, 2.05) is 24.3 Å². The zero-order chi connectivity index (χ0) is 13.2. The van der Waals surface area contributed by atoms with Crippen molar-refractivity contribution in [3.63, 3.8) is 0 Å². The van der Waals surface area contributed by atoms with Gasteiger partial charge in [0.15, 0.2) is 6.10 Å². The van der Waals surface area contributed by atoms with Crippen molar-refractivity contribution in [3.05, 3.63) is 29.8 Å². The maximum Gasteiger partial charge on any atom is 0.261 e. The molecular weight excluding hydrogens is 238 g/mol. The molecule has 0 saturated heterocycles. The zero-order valence-corrected chi connectivity index (χ0v) is 11.4. The van der Waals surface area contributed by atoms with E-state index < -0.39 is 0 Å². The van der Waals surface area contributed by atoms with Crippen LogP contribution in [-0.4, -0.2) is 18.1 Å². The summed E-state index contributed by atoms with van der Waals surface area (Å²) in [5, 5.41) is 3.18. The number of fused-ring (bicyclic) bond motifs is 1. The molecule has 0 aromatic heterocycles. The third-order valence-electron chi connectivity index (χ3n) is 4.38. The number of nitrogens with one attached hydrogen (secondary N) is 1. The van der Waals surface area contributed by atoms with E-state index >= 15 is 0 Å². The number of carbonyl (C=O) groups excluding carboxylic acids is 1. The average molecular weight is 259 g/mol. The molecule has 19 heavy (non-hydrogen) atoms. The SMILES string of the molecule is C[C@@H]1CCCC[C@H]1NC(=O)[C@@H]1Cc2ccccc2O1. The van der Waals surface area contributed by atoms with Crippen LogP contribution in [0.25, 0.3) is 0 Å². The Hall–Kier alpha value is -1.51. The van der Waals surface area contributed by atoms with Crippen LogP contribution < -0.4 is 10.1 Å². The van der Waals surface area contributed by atoms with E-state index in [0.29, 0.717) is 18.4 Å². The van der Waals surface area contributed by atoms with E-state index in [2.05, 4.69) is 12.2 Å². The van der Waals surface area contributed by atoms with Crippen molar-refractivity contribution in [2.75, 3.05) is 0 Å². The highest BCUT2D eigenvalue weighted by atomic mass is 16.5. The zero-order valence-electron chi connectivity index (χ0n) is 11.4. The fraction of sp³-hybridized carbons (Fsp3) is 0.562. The monoisotopic (exact) mass is 259 g/mol. The van der Waals surface area contributed by atoms with E-state index in [1.165, 1.54) is 19.3 Å². The molecule has 3 atom stereocenters. The second kappa shape index (κ2) is 5.24. The predicted octanol–water partition coefficient (Wildman–Crippen LogP) is 2.69. The van der Waals surface area contributed by atoms with Gasteiger partial charge in [0.05, 0.1) is 0 Å². The molecule has 102 valence electrons. The molecule has 1 heterocycles. The number of hydrogen-bond acceptors (Lipinski definition) is 2. The summed E-state index contributed by atoms with van der Waals surface area (Å²) in [6, 6.07) is 8.24. The molecule has 0 radical (unpaired) electrons. The molecule has 1 aromatic rings. The van der Waals surface area contributed by atoms with Crippen LogP contribution in [0.15, 0.2) is 24.3 Å². The van der Waals surface area contributed by atoms with E-state index in [1.54, 1.807) is 0 Å². The largest absolute Gasteiger partial charge is 0.480 e. The van der Waals surface area contributed by atoms with Crippen LogP contribution in [0.5, 0.6) is 5.75 Å². The minimum absolute atomic E-state index is 0.0509. The number of carbonyl (C=O) groups is 1. The summed E-state index contributed by atoms with van der Waals surface area (Å²) in [5.41, 5.74) is 1.14. The smallest absolute Gasteiger partial charge is 0.261 e. The van der Waals surface area contributed by atoms with Gasteiger partial charge in [-0.3, -0.25) is 4.79 Å². The molecule has 0 spiro atoms. The Morgan fingerprint density at radius 3 is 2.84 bits per heavy atom. The normalized spacial score (nSPS) is 29.4. The molecule has 1 aliphatic carbocycles. The molecule has 1 aromatic carbocycles. The van der Waals surface area contributed by atoms with E-state index in [9.17, 15) is 4.79 Å². The Balaban J connectivity index is 1.60. The third kappa shape index (κ3) is 2.60. The standard InChI is InChI=1S/C16H21NO2/c1-11-6-2-4-8-13(11)17-16(18)15-10-12-7-3-5-9-14(12)19-15/h3,5,7,9,11,13,15H,2,4,6,8,10H2,1H3,(H,17,18)/t11-,13-,15+/m1/s1. The second-order valence-electron chi connectivity index (χ2n) is 5.80. The lowest BCUT2D eigenvalue weighted by Crippen LogP contribution is -2.46. The van der Waals surface area contributed by atoms with E-state index in [0.717, 1.165) is 17.7 Å². The molecule has 2 aliphatic rings. The van der Waals surface area contributed by atoms with Crippen LogP contribution in [0, 0.1) is 5.92 Å². The van der Waals surface area contributed by atoms with Gasteiger partial charge >= 0.3 is 0 Å². The van der Waals surface area contributed by atoms with Gasteiger partial charge in [0.1, 0.15) is 5.75 Å². The molecule has 3 heteroatoms. The van der Waals surface area contributed by atoms with Crippen molar-refractivity contribution in [3.8, 4) is 5.75 Å². The fourth-order valence-electron chi connectivity index (χ4n) is 3.13. The van der Waals surface area contributed by atoms with E-state index in [-0.39, 0.29) is 12.0 Å². The lowest BCUT2D eigenvalue weighted by atomic mass is 9.86. The average Bonchev–Trinajstić information content (AvgIpc) is 2.85. The van der Waals surface area contributed by atoms with Crippen molar-refractivity contribution >= 4 is 5.91 Å². The summed E-state index contributed by atoms with van der Waals surface area (Å²) < 4.78 is 5.73. The molecule has 1 saturated carbocycles. The molecule has 3 rings (SSSR count).